The molecule has 4 nitrogen and oxygen atoms in total. The number of carbonyl (C=O) groups excluding carboxylic acids is 1. The molecule has 6 heteroatoms. The van der Waals surface area contributed by atoms with Gasteiger partial charge in [-0.3, -0.25) is 4.79 Å². The van der Waals surface area contributed by atoms with Crippen molar-refractivity contribution in [1.82, 2.24) is 4.90 Å². The van der Waals surface area contributed by atoms with Crippen molar-refractivity contribution < 1.29 is 9.90 Å². The minimum Gasteiger partial charge on any atom is -0.397 e. The van der Waals surface area contributed by atoms with Gasteiger partial charge < -0.3 is 15.7 Å². The highest BCUT2D eigenvalue weighted by molar-refractivity contribution is 6.43. The number of hydrogen-bond donors (Lipinski definition) is 2. The van der Waals surface area contributed by atoms with Crippen LogP contribution in [0.15, 0.2) is 12.1 Å². The predicted molar refractivity (Wildman–Crippen MR) is 81.3 cm³/mol. The van der Waals surface area contributed by atoms with Crippen LogP contribution in [0.3, 0.4) is 0 Å². The van der Waals surface area contributed by atoms with E-state index in [-0.39, 0.29) is 34.3 Å². The van der Waals surface area contributed by atoms with Crippen molar-refractivity contribution in [3.05, 3.63) is 27.7 Å². The van der Waals surface area contributed by atoms with Gasteiger partial charge in [0.15, 0.2) is 0 Å². The van der Waals surface area contributed by atoms with Crippen molar-refractivity contribution in [2.45, 2.75) is 31.7 Å². The van der Waals surface area contributed by atoms with Crippen LogP contribution in [0.2, 0.25) is 10.0 Å². The number of halogens is 2. The summed E-state index contributed by atoms with van der Waals surface area (Å²) in [6, 6.07) is 2.93. The molecule has 1 aliphatic heterocycles. The van der Waals surface area contributed by atoms with Crippen molar-refractivity contribution in [3.8, 4) is 0 Å². The normalized spacial score (nSPS) is 19.8. The van der Waals surface area contributed by atoms with E-state index >= 15 is 0 Å². The van der Waals surface area contributed by atoms with Crippen LogP contribution in [0.1, 0.15) is 36.0 Å². The minimum absolute atomic E-state index is 0.0253. The molecule has 0 aromatic heterocycles. The maximum absolute atomic E-state index is 12.6. The molecule has 0 spiro atoms. The maximum Gasteiger partial charge on any atom is 0.254 e. The maximum atomic E-state index is 12.6. The molecule has 1 saturated heterocycles. The standard InChI is InChI=1S/C14H18Cl2N2O2/c15-11-6-9(7-12(17)13(11)16)14(20)18-5-3-1-2-4-10(18)8-19/h6-7,10,19H,1-5,8,17H2. The summed E-state index contributed by atoms with van der Waals surface area (Å²) in [4.78, 5) is 14.3. The van der Waals surface area contributed by atoms with Gasteiger partial charge in [0.1, 0.15) is 0 Å². The third kappa shape index (κ3) is 3.19. The van der Waals surface area contributed by atoms with Gasteiger partial charge in [0.25, 0.3) is 5.91 Å². The summed E-state index contributed by atoms with van der Waals surface area (Å²) in [6.45, 7) is 0.618. The van der Waals surface area contributed by atoms with Crippen molar-refractivity contribution in [2.75, 3.05) is 18.9 Å². The molecule has 1 unspecified atom stereocenters. The SMILES string of the molecule is Nc1cc(C(=O)N2CCCCCC2CO)cc(Cl)c1Cl. The third-order valence-corrected chi connectivity index (χ3v) is 4.47. The van der Waals surface area contributed by atoms with Gasteiger partial charge in [-0.15, -0.1) is 0 Å². The largest absolute Gasteiger partial charge is 0.397 e. The number of likely N-dealkylation sites (tertiary alicyclic amines) is 1. The van der Waals surface area contributed by atoms with E-state index in [1.807, 2.05) is 0 Å². The van der Waals surface area contributed by atoms with Crippen molar-refractivity contribution in [2.24, 2.45) is 0 Å². The summed E-state index contributed by atoms with van der Waals surface area (Å²) in [5.74, 6) is -0.156. The second-order valence-electron chi connectivity index (χ2n) is 5.05. The van der Waals surface area contributed by atoms with Gasteiger partial charge in [-0.1, -0.05) is 36.0 Å². The highest BCUT2D eigenvalue weighted by Gasteiger charge is 2.26. The molecule has 3 N–H and O–H groups in total. The Balaban J connectivity index is 2.29. The van der Waals surface area contributed by atoms with Gasteiger partial charge in [-0.2, -0.15) is 0 Å². The monoisotopic (exact) mass is 316 g/mol. The highest BCUT2D eigenvalue weighted by Crippen LogP contribution is 2.30. The molecule has 1 atom stereocenters. The average molecular weight is 317 g/mol. The first-order valence-corrected chi connectivity index (χ1v) is 7.46. The lowest BCUT2D eigenvalue weighted by Gasteiger charge is -2.29. The lowest BCUT2D eigenvalue weighted by molar-refractivity contribution is 0.0600. The first-order valence-electron chi connectivity index (χ1n) is 6.71. The fourth-order valence-corrected chi connectivity index (χ4v) is 2.87. The van der Waals surface area contributed by atoms with E-state index < -0.39 is 0 Å². The Hall–Kier alpha value is -0.970. The van der Waals surface area contributed by atoms with Gasteiger partial charge in [0.05, 0.1) is 28.4 Å². The van der Waals surface area contributed by atoms with Crippen molar-refractivity contribution in [3.63, 3.8) is 0 Å². The lowest BCUT2D eigenvalue weighted by atomic mass is 10.1. The fourth-order valence-electron chi connectivity index (χ4n) is 2.53. The van der Waals surface area contributed by atoms with Gasteiger partial charge in [-0.05, 0) is 25.0 Å². The van der Waals surface area contributed by atoms with Crippen LogP contribution in [-0.4, -0.2) is 35.1 Å². The Bertz CT molecular complexity index is 485. The van der Waals surface area contributed by atoms with Gasteiger partial charge in [-0.25, -0.2) is 0 Å². The van der Waals surface area contributed by atoms with Crippen LogP contribution >= 0.6 is 23.2 Å². The number of rotatable bonds is 2. The summed E-state index contributed by atoms with van der Waals surface area (Å²) in [5.41, 5.74) is 6.45. The van der Waals surface area contributed by atoms with Crippen LogP contribution in [-0.2, 0) is 0 Å². The number of hydrogen-bond acceptors (Lipinski definition) is 3. The van der Waals surface area contributed by atoms with E-state index in [0.29, 0.717) is 12.1 Å². The molecule has 2 rings (SSSR count). The number of nitrogens with two attached hydrogens (primary N) is 1. The Morgan fingerprint density at radius 3 is 2.75 bits per heavy atom. The topological polar surface area (TPSA) is 66.6 Å². The Labute approximate surface area is 128 Å². The molecule has 0 aliphatic carbocycles. The molecule has 0 bridgehead atoms. The second-order valence-corrected chi connectivity index (χ2v) is 5.83. The van der Waals surface area contributed by atoms with Crippen molar-refractivity contribution in [1.29, 1.82) is 0 Å². The van der Waals surface area contributed by atoms with Crippen LogP contribution < -0.4 is 5.73 Å². The summed E-state index contributed by atoms with van der Waals surface area (Å²) >= 11 is 11.9. The first-order chi connectivity index (χ1) is 9.54. The molecule has 1 amide bonds. The van der Waals surface area contributed by atoms with E-state index in [1.54, 1.807) is 4.90 Å². The summed E-state index contributed by atoms with van der Waals surface area (Å²) in [5, 5.41) is 10.0. The van der Waals surface area contributed by atoms with Crippen LogP contribution in [0.4, 0.5) is 5.69 Å². The molecule has 1 aromatic carbocycles. The molecule has 0 radical (unpaired) electrons. The highest BCUT2D eigenvalue weighted by atomic mass is 35.5. The Morgan fingerprint density at radius 2 is 2.10 bits per heavy atom. The first kappa shape index (κ1) is 15.4. The van der Waals surface area contributed by atoms with Gasteiger partial charge in [0.2, 0.25) is 0 Å². The molecule has 1 heterocycles. The van der Waals surface area contributed by atoms with Crippen LogP contribution in [0.25, 0.3) is 0 Å². The van der Waals surface area contributed by atoms with E-state index in [0.717, 1.165) is 25.7 Å². The summed E-state index contributed by atoms with van der Waals surface area (Å²) in [7, 11) is 0. The summed E-state index contributed by atoms with van der Waals surface area (Å²) in [6.07, 6.45) is 3.86. The molecule has 1 aromatic rings. The number of nitrogen functional groups attached to an aromatic ring is 1. The third-order valence-electron chi connectivity index (χ3n) is 3.65. The number of aliphatic hydroxyl groups excluding tert-OH is 1. The second kappa shape index (κ2) is 6.66. The molecule has 1 aliphatic rings. The Morgan fingerprint density at radius 1 is 1.35 bits per heavy atom. The van der Waals surface area contributed by atoms with Crippen molar-refractivity contribution >= 4 is 34.8 Å². The molecular formula is C14H18Cl2N2O2. The number of carbonyl (C=O) groups is 1. The lowest BCUT2D eigenvalue weighted by Crippen LogP contribution is -2.42. The smallest absolute Gasteiger partial charge is 0.254 e. The van der Waals surface area contributed by atoms with Gasteiger partial charge >= 0.3 is 0 Å². The zero-order valence-electron chi connectivity index (χ0n) is 11.1. The van der Waals surface area contributed by atoms with Crippen LogP contribution in [0, 0.1) is 0 Å². The minimum atomic E-state index is -0.156. The summed E-state index contributed by atoms with van der Waals surface area (Å²) < 4.78 is 0. The molecule has 20 heavy (non-hydrogen) atoms. The Kier molecular flexibility index (Phi) is 5.13. The zero-order valence-corrected chi connectivity index (χ0v) is 12.6. The number of benzene rings is 1. The molecule has 1 fully saturated rings. The number of nitrogens with zero attached hydrogens (tertiary/aromatic N) is 1. The quantitative estimate of drug-likeness (QED) is 0.824. The van der Waals surface area contributed by atoms with E-state index in [9.17, 15) is 9.90 Å². The predicted octanol–water partition coefficient (Wildman–Crippen LogP) is 2.95. The van der Waals surface area contributed by atoms with E-state index in [2.05, 4.69) is 0 Å². The average Bonchev–Trinajstić information content (AvgIpc) is 2.68. The van der Waals surface area contributed by atoms with Gasteiger partial charge in [0, 0.05) is 12.1 Å². The molecule has 110 valence electrons. The number of aliphatic hydroxyl groups is 1. The van der Waals surface area contributed by atoms with Crippen LogP contribution in [0.5, 0.6) is 0 Å². The zero-order chi connectivity index (χ0) is 14.7. The fraction of sp³-hybridized carbons (Fsp3) is 0.500. The van der Waals surface area contributed by atoms with E-state index in [4.69, 9.17) is 28.9 Å². The molecule has 0 saturated carbocycles. The number of anilines is 1. The number of amides is 1. The van der Waals surface area contributed by atoms with E-state index in [1.165, 1.54) is 12.1 Å². The molecular weight excluding hydrogens is 299 g/mol.